The Bertz CT molecular complexity index is 325. The van der Waals surface area contributed by atoms with Crippen molar-refractivity contribution in [1.82, 2.24) is 0 Å². The van der Waals surface area contributed by atoms with E-state index >= 15 is 0 Å². The Morgan fingerprint density at radius 3 is 1.33 bits per heavy atom. The Morgan fingerprint density at radius 2 is 1.17 bits per heavy atom. The van der Waals surface area contributed by atoms with E-state index in [4.69, 9.17) is 10.2 Å². The van der Waals surface area contributed by atoms with Crippen LogP contribution in [0.4, 0.5) is 23.6 Å². The van der Waals surface area contributed by atoms with Crippen LogP contribution in [0.3, 0.4) is 0 Å². The number of carbonyl (C=O) groups is 4. The quantitative estimate of drug-likeness (QED) is 0.415. The molecule has 0 aliphatic rings. The second-order valence-corrected chi connectivity index (χ2v) is 2.82. The molecule has 142 valence electrons. The average molecular weight is 362 g/mol. The number of rotatable bonds is 5. The molecule has 2 N–H and O–H groups in total. The van der Waals surface area contributed by atoms with Crippen LogP contribution < -0.4 is 0 Å². The van der Waals surface area contributed by atoms with Crippen LogP contribution in [0.2, 0.25) is 0 Å². The molecule has 0 amide bonds. The molecular formula is C11H19FO12. The van der Waals surface area contributed by atoms with Crippen molar-refractivity contribution in [2.45, 2.75) is 6.92 Å². The van der Waals surface area contributed by atoms with Gasteiger partial charge in [-0.15, -0.1) is 0 Å². The van der Waals surface area contributed by atoms with E-state index in [1.165, 1.54) is 7.11 Å². The minimum atomic E-state index is -1.45. The first-order chi connectivity index (χ1) is 11.2. The third-order valence-corrected chi connectivity index (χ3v) is 1.30. The first-order valence-electron chi connectivity index (χ1n) is 5.93. The van der Waals surface area contributed by atoms with Gasteiger partial charge in [0.1, 0.15) is 13.2 Å². The van der Waals surface area contributed by atoms with Gasteiger partial charge in [-0.05, 0) is 6.92 Å². The lowest BCUT2D eigenvalue weighted by atomic mass is 10.8. The third kappa shape index (κ3) is 31.4. The molecule has 0 atom stereocenters. The SMILES string of the molecule is CCOC(=O)OC.COC(=O)OCF.O=C(O)OCCOC(=O)O. The van der Waals surface area contributed by atoms with Crippen molar-refractivity contribution in [3.05, 3.63) is 0 Å². The average Bonchev–Trinajstić information content (AvgIpc) is 2.53. The number of hydrogen-bond acceptors (Lipinski definition) is 10. The molecule has 0 unspecified atom stereocenters. The van der Waals surface area contributed by atoms with Crippen molar-refractivity contribution in [2.75, 3.05) is 40.9 Å². The Morgan fingerprint density at radius 1 is 0.792 bits per heavy atom. The lowest BCUT2D eigenvalue weighted by Gasteiger charge is -1.98. The van der Waals surface area contributed by atoms with Crippen molar-refractivity contribution in [3.63, 3.8) is 0 Å². The predicted octanol–water partition coefficient (Wildman–Crippen LogP) is 1.86. The van der Waals surface area contributed by atoms with Crippen LogP contribution >= 0.6 is 0 Å². The lowest BCUT2D eigenvalue weighted by Crippen LogP contribution is -2.10. The first-order valence-corrected chi connectivity index (χ1v) is 5.93. The zero-order valence-corrected chi connectivity index (χ0v) is 13.2. The molecule has 24 heavy (non-hydrogen) atoms. The highest BCUT2D eigenvalue weighted by Gasteiger charge is 1.98. The molecule has 0 rings (SSSR count). The smallest absolute Gasteiger partial charge is 0.450 e. The van der Waals surface area contributed by atoms with Crippen LogP contribution in [-0.4, -0.2) is 75.7 Å². The number of halogens is 1. The van der Waals surface area contributed by atoms with Gasteiger partial charge in [-0.1, -0.05) is 0 Å². The number of methoxy groups -OCH3 is 2. The molecule has 0 heterocycles. The Balaban J connectivity index is -0.000000283. The van der Waals surface area contributed by atoms with E-state index in [0.29, 0.717) is 6.61 Å². The minimum absolute atomic E-state index is 0.276. The maximum absolute atomic E-state index is 10.9. The highest BCUT2D eigenvalue weighted by Crippen LogP contribution is 1.80. The maximum Gasteiger partial charge on any atom is 0.510 e. The van der Waals surface area contributed by atoms with Crippen LogP contribution in [0.1, 0.15) is 6.92 Å². The van der Waals surface area contributed by atoms with Gasteiger partial charge in [0.15, 0.2) is 0 Å². The number of carbonyl (C=O) groups excluding carboxylic acids is 2. The largest absolute Gasteiger partial charge is 0.510 e. The fraction of sp³-hybridized carbons (Fsp3) is 0.636. The van der Waals surface area contributed by atoms with Crippen LogP contribution in [0.15, 0.2) is 0 Å². The molecule has 0 aromatic heterocycles. The fourth-order valence-electron chi connectivity index (χ4n) is 0.538. The highest BCUT2D eigenvalue weighted by molar-refractivity contribution is 5.59. The van der Waals surface area contributed by atoms with Gasteiger partial charge in [-0.25, -0.2) is 23.6 Å². The zero-order valence-electron chi connectivity index (χ0n) is 13.2. The van der Waals surface area contributed by atoms with E-state index in [1.807, 2.05) is 0 Å². The summed E-state index contributed by atoms with van der Waals surface area (Å²) < 4.78 is 34.8. The second kappa shape index (κ2) is 20.0. The summed E-state index contributed by atoms with van der Waals surface area (Å²) in [5.41, 5.74) is 0. The van der Waals surface area contributed by atoms with E-state index in [-0.39, 0.29) is 13.2 Å². The summed E-state index contributed by atoms with van der Waals surface area (Å²) >= 11 is 0. The summed E-state index contributed by atoms with van der Waals surface area (Å²) in [5, 5.41) is 15.7. The highest BCUT2D eigenvalue weighted by atomic mass is 19.1. The molecular weight excluding hydrogens is 343 g/mol. The molecule has 0 radical (unpaired) electrons. The topological polar surface area (TPSA) is 164 Å². The number of hydrogen-bond donors (Lipinski definition) is 2. The number of ether oxygens (including phenoxy) is 6. The zero-order chi connectivity index (χ0) is 19.4. The van der Waals surface area contributed by atoms with E-state index in [0.717, 1.165) is 7.11 Å². The van der Waals surface area contributed by atoms with Crippen molar-refractivity contribution in [2.24, 2.45) is 0 Å². The molecule has 0 saturated heterocycles. The van der Waals surface area contributed by atoms with E-state index in [2.05, 4.69) is 28.4 Å². The molecule has 12 nitrogen and oxygen atoms in total. The molecule has 0 aliphatic carbocycles. The number of alkyl halides is 1. The summed E-state index contributed by atoms with van der Waals surface area (Å²) in [5.74, 6) is 0. The van der Waals surface area contributed by atoms with Crippen LogP contribution in [0.25, 0.3) is 0 Å². The molecule has 0 spiro atoms. The lowest BCUT2D eigenvalue weighted by molar-refractivity contribution is 0.0402. The molecule has 0 bridgehead atoms. The van der Waals surface area contributed by atoms with Crippen LogP contribution in [-0.2, 0) is 28.4 Å². The Kier molecular flexibility index (Phi) is 21.6. The predicted molar refractivity (Wildman–Crippen MR) is 71.4 cm³/mol. The fourth-order valence-corrected chi connectivity index (χ4v) is 0.538. The van der Waals surface area contributed by atoms with E-state index in [9.17, 15) is 23.6 Å². The molecule has 0 fully saturated rings. The van der Waals surface area contributed by atoms with Crippen molar-refractivity contribution in [1.29, 1.82) is 0 Å². The van der Waals surface area contributed by atoms with Crippen molar-refractivity contribution >= 4 is 24.6 Å². The van der Waals surface area contributed by atoms with Crippen molar-refractivity contribution in [3.8, 4) is 0 Å². The normalized spacial score (nSPS) is 8.00. The van der Waals surface area contributed by atoms with Gasteiger partial charge in [0.2, 0.25) is 6.86 Å². The molecule has 0 aliphatic heterocycles. The molecule has 13 heteroatoms. The van der Waals surface area contributed by atoms with E-state index in [1.54, 1.807) is 6.92 Å². The van der Waals surface area contributed by atoms with Gasteiger partial charge in [-0.2, -0.15) is 0 Å². The van der Waals surface area contributed by atoms with Gasteiger partial charge < -0.3 is 38.6 Å². The summed E-state index contributed by atoms with van der Waals surface area (Å²) in [7, 11) is 2.38. The summed E-state index contributed by atoms with van der Waals surface area (Å²) in [6.45, 7) is 0.402. The minimum Gasteiger partial charge on any atom is -0.450 e. The van der Waals surface area contributed by atoms with Gasteiger partial charge in [0.25, 0.3) is 0 Å². The first kappa shape index (κ1) is 25.9. The maximum atomic E-state index is 10.9. The van der Waals surface area contributed by atoms with Gasteiger partial charge in [-0.3, -0.25) is 0 Å². The summed E-state index contributed by atoms with van der Waals surface area (Å²) in [6, 6.07) is 0. The number of carboxylic acid groups (broad SMARTS) is 2. The molecule has 0 aromatic rings. The van der Waals surface area contributed by atoms with Gasteiger partial charge in [0.05, 0.1) is 20.8 Å². The van der Waals surface area contributed by atoms with Gasteiger partial charge >= 0.3 is 24.6 Å². The summed E-state index contributed by atoms with van der Waals surface area (Å²) in [6.07, 6.45) is -4.52. The van der Waals surface area contributed by atoms with E-state index < -0.39 is 31.5 Å². The summed E-state index contributed by atoms with van der Waals surface area (Å²) in [4.78, 5) is 38.9. The van der Waals surface area contributed by atoms with Crippen LogP contribution in [0.5, 0.6) is 0 Å². The van der Waals surface area contributed by atoms with Gasteiger partial charge in [0, 0.05) is 0 Å². The van der Waals surface area contributed by atoms with Crippen LogP contribution in [0, 0.1) is 0 Å². The standard InChI is InChI=1S/C4H6O6.C4H8O3.C3H5FO3/c5-3(6)9-1-2-10-4(7)8;1-3-7-4(5)6-2;1-6-3(5)7-2-4/h1-2H2,(H,5,6)(H,7,8);3H2,1-2H3;2H2,1H3. The second-order valence-electron chi connectivity index (χ2n) is 2.82. The Hall–Kier alpha value is -2.99. The Labute approximate surface area is 135 Å². The monoisotopic (exact) mass is 362 g/mol. The molecule has 0 saturated carbocycles. The third-order valence-electron chi connectivity index (χ3n) is 1.30. The molecule has 0 aromatic carbocycles. The van der Waals surface area contributed by atoms with Crippen molar-refractivity contribution < 1.29 is 62.2 Å².